The monoisotopic (exact) mass is 365 g/mol. The van der Waals surface area contributed by atoms with Crippen LogP contribution in [0.25, 0.3) is 10.1 Å². The first-order valence-electron chi connectivity index (χ1n) is 7.99. The number of esters is 2. The van der Waals surface area contributed by atoms with E-state index < -0.39 is 17.9 Å². The van der Waals surface area contributed by atoms with E-state index >= 15 is 0 Å². The maximum atomic E-state index is 10.9. The minimum atomic E-state index is -2.20. The Hall–Kier alpha value is -2.00. The molecular formula is C17H19NO6S. The standard InChI is InChI=1S/C17H19NO6S/c19-15-16(20)24-17(21,23-15)11-18-6-1-7-22-8-4-12-2-3-14-13(10-12)5-9-25-14/h2-3,5,9-10,18,21H,1,4,6-8,11H2. The van der Waals surface area contributed by atoms with Gasteiger partial charge >= 0.3 is 17.9 Å². The summed E-state index contributed by atoms with van der Waals surface area (Å²) in [6.45, 7) is 1.55. The molecule has 3 rings (SSSR count). The molecule has 1 aliphatic rings. The van der Waals surface area contributed by atoms with E-state index in [4.69, 9.17) is 4.74 Å². The summed E-state index contributed by atoms with van der Waals surface area (Å²) in [4.78, 5) is 21.7. The number of carbonyl (C=O) groups is 2. The fraction of sp³-hybridized carbons (Fsp3) is 0.412. The number of nitrogens with one attached hydrogen (secondary N) is 1. The van der Waals surface area contributed by atoms with Crippen molar-refractivity contribution in [3.8, 4) is 0 Å². The van der Waals surface area contributed by atoms with Gasteiger partial charge in [0, 0.05) is 11.3 Å². The number of ether oxygens (including phenoxy) is 3. The molecule has 0 amide bonds. The van der Waals surface area contributed by atoms with E-state index in [9.17, 15) is 14.7 Å². The average Bonchev–Trinajstić information content (AvgIpc) is 3.14. The van der Waals surface area contributed by atoms with Gasteiger partial charge in [-0.25, -0.2) is 9.59 Å². The first kappa shape index (κ1) is 17.8. The van der Waals surface area contributed by atoms with Crippen molar-refractivity contribution < 1.29 is 28.9 Å². The average molecular weight is 365 g/mol. The Kier molecular flexibility index (Phi) is 5.64. The molecule has 0 atom stereocenters. The topological polar surface area (TPSA) is 94.1 Å². The van der Waals surface area contributed by atoms with Crippen LogP contribution in [0.2, 0.25) is 0 Å². The number of aliphatic hydroxyl groups is 1. The van der Waals surface area contributed by atoms with Gasteiger partial charge < -0.3 is 24.6 Å². The van der Waals surface area contributed by atoms with Crippen LogP contribution in [0.4, 0.5) is 0 Å². The number of rotatable bonds is 9. The van der Waals surface area contributed by atoms with Crippen LogP contribution in [-0.4, -0.2) is 49.3 Å². The fourth-order valence-corrected chi connectivity index (χ4v) is 3.25. The van der Waals surface area contributed by atoms with Crippen LogP contribution in [0.1, 0.15) is 12.0 Å². The molecule has 0 bridgehead atoms. The SMILES string of the molecule is O=C1OC(O)(CNCCCOCCc2ccc3sccc3c2)OC1=O. The maximum Gasteiger partial charge on any atom is 0.422 e. The zero-order chi connectivity index (χ0) is 17.7. The summed E-state index contributed by atoms with van der Waals surface area (Å²) in [5.41, 5.74) is 1.25. The molecule has 0 saturated carbocycles. The summed E-state index contributed by atoms with van der Waals surface area (Å²) in [6, 6.07) is 8.55. The van der Waals surface area contributed by atoms with Gasteiger partial charge in [0.05, 0.1) is 6.61 Å². The second kappa shape index (κ2) is 7.92. The largest absolute Gasteiger partial charge is 0.422 e. The van der Waals surface area contributed by atoms with Gasteiger partial charge in [0.1, 0.15) is 6.54 Å². The molecule has 25 heavy (non-hydrogen) atoms. The number of hydrogen-bond donors (Lipinski definition) is 2. The molecule has 2 N–H and O–H groups in total. The first-order valence-corrected chi connectivity index (χ1v) is 8.87. The summed E-state index contributed by atoms with van der Waals surface area (Å²) in [5, 5.41) is 15.9. The molecule has 134 valence electrons. The highest BCUT2D eigenvalue weighted by atomic mass is 32.1. The lowest BCUT2D eigenvalue weighted by Gasteiger charge is -2.18. The lowest BCUT2D eigenvalue weighted by atomic mass is 10.1. The molecule has 2 aromatic rings. The Balaban J connectivity index is 1.25. The molecule has 1 aromatic heterocycles. The van der Waals surface area contributed by atoms with E-state index in [1.165, 1.54) is 15.6 Å². The minimum absolute atomic E-state index is 0.175. The van der Waals surface area contributed by atoms with Crippen molar-refractivity contribution in [3.63, 3.8) is 0 Å². The Bertz CT molecular complexity index is 742. The van der Waals surface area contributed by atoms with Crippen LogP contribution in [0.3, 0.4) is 0 Å². The van der Waals surface area contributed by atoms with Gasteiger partial charge in [-0.05, 0) is 47.8 Å². The highest BCUT2D eigenvalue weighted by molar-refractivity contribution is 7.17. The van der Waals surface area contributed by atoms with Crippen LogP contribution < -0.4 is 5.32 Å². The van der Waals surface area contributed by atoms with Crippen LogP contribution in [0.5, 0.6) is 0 Å². The predicted molar refractivity (Wildman–Crippen MR) is 91.0 cm³/mol. The Morgan fingerprint density at radius 2 is 1.96 bits per heavy atom. The van der Waals surface area contributed by atoms with Crippen molar-refractivity contribution in [2.24, 2.45) is 0 Å². The molecule has 0 radical (unpaired) electrons. The van der Waals surface area contributed by atoms with Crippen molar-refractivity contribution in [3.05, 3.63) is 35.2 Å². The molecule has 0 aliphatic carbocycles. The van der Waals surface area contributed by atoms with Gasteiger partial charge in [-0.15, -0.1) is 11.3 Å². The van der Waals surface area contributed by atoms with Crippen molar-refractivity contribution in [1.82, 2.24) is 5.32 Å². The van der Waals surface area contributed by atoms with Gasteiger partial charge in [-0.1, -0.05) is 12.1 Å². The van der Waals surface area contributed by atoms with Gasteiger partial charge in [-0.3, -0.25) is 0 Å². The molecule has 7 nitrogen and oxygen atoms in total. The molecule has 0 unspecified atom stereocenters. The van der Waals surface area contributed by atoms with Crippen LogP contribution in [0.15, 0.2) is 29.6 Å². The third kappa shape index (κ3) is 4.76. The van der Waals surface area contributed by atoms with E-state index in [-0.39, 0.29) is 6.54 Å². The number of thiophene rings is 1. The van der Waals surface area contributed by atoms with E-state index in [0.717, 1.165) is 6.42 Å². The first-order chi connectivity index (χ1) is 12.1. The molecule has 1 fully saturated rings. The normalized spacial score (nSPS) is 16.2. The third-order valence-electron chi connectivity index (χ3n) is 3.71. The Labute approximate surface area is 148 Å². The molecule has 0 spiro atoms. The quantitative estimate of drug-likeness (QED) is 0.392. The predicted octanol–water partition coefficient (Wildman–Crippen LogP) is 1.19. The Morgan fingerprint density at radius 3 is 2.76 bits per heavy atom. The smallest absolute Gasteiger partial charge is 0.388 e. The van der Waals surface area contributed by atoms with Gasteiger partial charge in [0.25, 0.3) is 0 Å². The van der Waals surface area contributed by atoms with Gasteiger partial charge in [0.15, 0.2) is 0 Å². The summed E-state index contributed by atoms with van der Waals surface area (Å²) in [5.74, 6) is -4.57. The molecule has 8 heteroatoms. The number of benzene rings is 1. The summed E-state index contributed by atoms with van der Waals surface area (Å²) in [7, 11) is 0. The molecule has 2 heterocycles. The molecule has 1 aromatic carbocycles. The number of carbonyl (C=O) groups excluding carboxylic acids is 2. The second-order valence-corrected chi connectivity index (χ2v) is 6.62. The lowest BCUT2D eigenvalue weighted by Crippen LogP contribution is -2.42. The maximum absolute atomic E-state index is 10.9. The third-order valence-corrected chi connectivity index (χ3v) is 4.61. The molecule has 1 aliphatic heterocycles. The van der Waals surface area contributed by atoms with E-state index in [0.29, 0.717) is 26.2 Å². The van der Waals surface area contributed by atoms with Crippen molar-refractivity contribution >= 4 is 33.4 Å². The second-order valence-electron chi connectivity index (χ2n) is 5.68. The number of fused-ring (bicyclic) bond motifs is 1. The Morgan fingerprint density at radius 1 is 1.16 bits per heavy atom. The number of cyclic esters (lactones) is 2. The van der Waals surface area contributed by atoms with Crippen molar-refractivity contribution in [2.75, 3.05) is 26.3 Å². The summed E-state index contributed by atoms with van der Waals surface area (Å²) < 4.78 is 15.7. The lowest BCUT2D eigenvalue weighted by molar-refractivity contribution is -0.287. The van der Waals surface area contributed by atoms with Crippen LogP contribution >= 0.6 is 11.3 Å². The fourth-order valence-electron chi connectivity index (χ4n) is 2.48. The zero-order valence-electron chi connectivity index (χ0n) is 13.5. The van der Waals surface area contributed by atoms with E-state index in [1.807, 2.05) is 0 Å². The van der Waals surface area contributed by atoms with E-state index in [2.05, 4.69) is 44.4 Å². The summed E-state index contributed by atoms with van der Waals surface area (Å²) >= 11 is 1.73. The minimum Gasteiger partial charge on any atom is -0.388 e. The van der Waals surface area contributed by atoms with Crippen LogP contribution in [0, 0.1) is 0 Å². The molecule has 1 saturated heterocycles. The summed E-state index contributed by atoms with van der Waals surface area (Å²) in [6.07, 6.45) is 1.56. The van der Waals surface area contributed by atoms with Gasteiger partial charge in [-0.2, -0.15) is 0 Å². The van der Waals surface area contributed by atoms with E-state index in [1.54, 1.807) is 11.3 Å². The van der Waals surface area contributed by atoms with Gasteiger partial charge in [0.2, 0.25) is 0 Å². The highest BCUT2D eigenvalue weighted by Gasteiger charge is 2.47. The number of hydrogen-bond acceptors (Lipinski definition) is 8. The van der Waals surface area contributed by atoms with Crippen LogP contribution in [-0.2, 0) is 30.2 Å². The molecular weight excluding hydrogens is 346 g/mol. The highest BCUT2D eigenvalue weighted by Crippen LogP contribution is 2.22. The van der Waals surface area contributed by atoms with Crippen molar-refractivity contribution in [1.29, 1.82) is 0 Å². The zero-order valence-corrected chi connectivity index (χ0v) is 14.3. The van der Waals surface area contributed by atoms with Crippen molar-refractivity contribution in [2.45, 2.75) is 18.8 Å².